The van der Waals surface area contributed by atoms with Crippen LogP contribution in [0.15, 0.2) is 0 Å². The number of aliphatic carboxylic acids is 1. The molecule has 1 fully saturated rings. The number of hydrogen-bond donors (Lipinski definition) is 2. The van der Waals surface area contributed by atoms with Crippen LogP contribution in [0.2, 0.25) is 0 Å². The summed E-state index contributed by atoms with van der Waals surface area (Å²) in [5, 5.41) is 18.1. The van der Waals surface area contributed by atoms with Crippen molar-refractivity contribution in [1.82, 2.24) is 4.90 Å². The van der Waals surface area contributed by atoms with Gasteiger partial charge in [-0.05, 0) is 31.8 Å². The molecule has 0 aromatic rings. The van der Waals surface area contributed by atoms with Crippen molar-refractivity contribution in [1.29, 1.82) is 0 Å². The SMILES string of the molecule is CC1CCN(CCCC(=O)O)CC1O. The number of carboxylic acids is 1. The van der Waals surface area contributed by atoms with Gasteiger partial charge < -0.3 is 15.1 Å². The molecule has 0 aromatic carbocycles. The Morgan fingerprint density at radius 1 is 1.57 bits per heavy atom. The number of hydrogen-bond acceptors (Lipinski definition) is 3. The van der Waals surface area contributed by atoms with Gasteiger partial charge in [0.05, 0.1) is 6.10 Å². The highest BCUT2D eigenvalue weighted by atomic mass is 16.4. The van der Waals surface area contributed by atoms with Gasteiger partial charge in [0.2, 0.25) is 0 Å². The van der Waals surface area contributed by atoms with E-state index in [4.69, 9.17) is 5.11 Å². The summed E-state index contributed by atoms with van der Waals surface area (Å²) in [7, 11) is 0. The zero-order valence-electron chi connectivity index (χ0n) is 8.65. The summed E-state index contributed by atoms with van der Waals surface area (Å²) in [6, 6.07) is 0. The molecule has 2 N–H and O–H groups in total. The average Bonchev–Trinajstić information content (AvgIpc) is 2.10. The molecular weight excluding hydrogens is 182 g/mol. The number of β-amino-alcohol motifs (C(OH)–C–C–N with tert-alkyl or cyclic N) is 1. The first-order chi connectivity index (χ1) is 6.59. The minimum Gasteiger partial charge on any atom is -0.481 e. The Kier molecular flexibility index (Phi) is 4.35. The van der Waals surface area contributed by atoms with Gasteiger partial charge in [-0.3, -0.25) is 4.79 Å². The number of likely N-dealkylation sites (tertiary alicyclic amines) is 1. The number of aliphatic hydroxyl groups is 1. The second kappa shape index (κ2) is 5.32. The summed E-state index contributed by atoms with van der Waals surface area (Å²) < 4.78 is 0. The predicted octanol–water partition coefficient (Wildman–Crippen LogP) is 0.554. The van der Waals surface area contributed by atoms with E-state index in [1.165, 1.54) is 0 Å². The van der Waals surface area contributed by atoms with Gasteiger partial charge in [0.1, 0.15) is 0 Å². The first kappa shape index (κ1) is 11.5. The summed E-state index contributed by atoms with van der Waals surface area (Å²) in [5.74, 6) is -0.360. The van der Waals surface area contributed by atoms with Crippen molar-refractivity contribution in [3.8, 4) is 0 Å². The number of carbonyl (C=O) groups is 1. The molecule has 2 atom stereocenters. The third-order valence-electron chi connectivity index (χ3n) is 2.87. The molecule has 4 nitrogen and oxygen atoms in total. The van der Waals surface area contributed by atoms with Crippen molar-refractivity contribution >= 4 is 5.97 Å². The van der Waals surface area contributed by atoms with Crippen molar-refractivity contribution < 1.29 is 15.0 Å². The highest BCUT2D eigenvalue weighted by molar-refractivity contribution is 5.66. The molecule has 0 bridgehead atoms. The van der Waals surface area contributed by atoms with Crippen molar-refractivity contribution in [2.75, 3.05) is 19.6 Å². The maximum absolute atomic E-state index is 10.3. The quantitative estimate of drug-likeness (QED) is 0.697. The van der Waals surface area contributed by atoms with Crippen molar-refractivity contribution in [3.63, 3.8) is 0 Å². The maximum Gasteiger partial charge on any atom is 0.303 e. The van der Waals surface area contributed by atoms with Crippen molar-refractivity contribution in [3.05, 3.63) is 0 Å². The Morgan fingerprint density at radius 3 is 2.86 bits per heavy atom. The predicted molar refractivity (Wildman–Crippen MR) is 53.1 cm³/mol. The Hall–Kier alpha value is -0.610. The fourth-order valence-corrected chi connectivity index (χ4v) is 1.77. The molecule has 0 aliphatic carbocycles. The minimum atomic E-state index is -0.740. The lowest BCUT2D eigenvalue weighted by molar-refractivity contribution is -0.137. The Bertz CT molecular complexity index is 196. The number of nitrogens with zero attached hydrogens (tertiary/aromatic N) is 1. The highest BCUT2D eigenvalue weighted by Crippen LogP contribution is 2.16. The molecule has 0 saturated carbocycles. The van der Waals surface area contributed by atoms with Gasteiger partial charge in [0.25, 0.3) is 0 Å². The van der Waals surface area contributed by atoms with E-state index in [2.05, 4.69) is 11.8 Å². The van der Waals surface area contributed by atoms with E-state index >= 15 is 0 Å². The first-order valence-corrected chi connectivity index (χ1v) is 5.22. The molecule has 1 heterocycles. The van der Waals surface area contributed by atoms with E-state index in [-0.39, 0.29) is 12.5 Å². The third-order valence-corrected chi connectivity index (χ3v) is 2.87. The second-order valence-electron chi connectivity index (χ2n) is 4.13. The summed E-state index contributed by atoms with van der Waals surface area (Å²) >= 11 is 0. The van der Waals surface area contributed by atoms with E-state index in [1.807, 2.05) is 0 Å². The van der Waals surface area contributed by atoms with Crippen LogP contribution < -0.4 is 0 Å². The second-order valence-corrected chi connectivity index (χ2v) is 4.13. The fraction of sp³-hybridized carbons (Fsp3) is 0.900. The standard InChI is InChI=1S/C10H19NO3/c1-8-4-6-11(7-9(8)12)5-2-3-10(13)14/h8-9,12H,2-7H2,1H3,(H,13,14). The molecular formula is C10H19NO3. The normalized spacial score (nSPS) is 29.0. The summed E-state index contributed by atoms with van der Waals surface area (Å²) in [6.45, 7) is 4.52. The highest BCUT2D eigenvalue weighted by Gasteiger charge is 2.23. The van der Waals surface area contributed by atoms with Crippen molar-refractivity contribution in [2.45, 2.75) is 32.3 Å². The number of rotatable bonds is 4. The van der Waals surface area contributed by atoms with Crippen LogP contribution in [-0.4, -0.2) is 46.8 Å². The van der Waals surface area contributed by atoms with Crippen LogP contribution >= 0.6 is 0 Å². The van der Waals surface area contributed by atoms with E-state index in [0.29, 0.717) is 18.9 Å². The summed E-state index contributed by atoms with van der Waals surface area (Å²) in [5.41, 5.74) is 0. The fourth-order valence-electron chi connectivity index (χ4n) is 1.77. The molecule has 1 aliphatic heterocycles. The molecule has 0 spiro atoms. The van der Waals surface area contributed by atoms with Crippen LogP contribution in [0.25, 0.3) is 0 Å². The van der Waals surface area contributed by atoms with Gasteiger partial charge in [-0.25, -0.2) is 0 Å². The lowest BCUT2D eigenvalue weighted by Gasteiger charge is -2.34. The Morgan fingerprint density at radius 2 is 2.29 bits per heavy atom. The lowest BCUT2D eigenvalue weighted by atomic mass is 9.96. The summed E-state index contributed by atoms with van der Waals surface area (Å²) in [6.07, 6.45) is 1.67. The number of carboxylic acid groups (broad SMARTS) is 1. The first-order valence-electron chi connectivity index (χ1n) is 5.22. The van der Waals surface area contributed by atoms with Crippen LogP contribution in [0.1, 0.15) is 26.2 Å². The van der Waals surface area contributed by atoms with Crippen LogP contribution in [0.3, 0.4) is 0 Å². The average molecular weight is 201 g/mol. The van der Waals surface area contributed by atoms with Gasteiger partial charge in [0.15, 0.2) is 0 Å². The molecule has 0 aromatic heterocycles. The smallest absolute Gasteiger partial charge is 0.303 e. The van der Waals surface area contributed by atoms with Gasteiger partial charge in [-0.1, -0.05) is 6.92 Å². The molecule has 1 aliphatic rings. The van der Waals surface area contributed by atoms with Crippen LogP contribution in [0.5, 0.6) is 0 Å². The molecule has 82 valence electrons. The van der Waals surface area contributed by atoms with E-state index in [9.17, 15) is 9.90 Å². The molecule has 1 rings (SSSR count). The van der Waals surface area contributed by atoms with Gasteiger partial charge >= 0.3 is 5.97 Å². The largest absolute Gasteiger partial charge is 0.481 e. The van der Waals surface area contributed by atoms with Crippen molar-refractivity contribution in [2.24, 2.45) is 5.92 Å². The molecule has 14 heavy (non-hydrogen) atoms. The molecule has 0 radical (unpaired) electrons. The monoisotopic (exact) mass is 201 g/mol. The number of aliphatic hydroxyl groups excluding tert-OH is 1. The third kappa shape index (κ3) is 3.64. The minimum absolute atomic E-state index is 0.224. The van der Waals surface area contributed by atoms with Crippen LogP contribution in [0.4, 0.5) is 0 Å². The molecule has 1 saturated heterocycles. The topological polar surface area (TPSA) is 60.8 Å². The Balaban J connectivity index is 2.16. The molecule has 4 heteroatoms. The van der Waals surface area contributed by atoms with E-state index < -0.39 is 5.97 Å². The van der Waals surface area contributed by atoms with Crippen LogP contribution in [0, 0.1) is 5.92 Å². The zero-order valence-corrected chi connectivity index (χ0v) is 8.65. The number of piperidine rings is 1. The summed E-state index contributed by atoms with van der Waals surface area (Å²) in [4.78, 5) is 12.4. The van der Waals surface area contributed by atoms with Gasteiger partial charge in [0, 0.05) is 13.0 Å². The molecule has 0 amide bonds. The van der Waals surface area contributed by atoms with Crippen LogP contribution in [-0.2, 0) is 4.79 Å². The van der Waals surface area contributed by atoms with Gasteiger partial charge in [-0.15, -0.1) is 0 Å². The van der Waals surface area contributed by atoms with E-state index in [0.717, 1.165) is 19.5 Å². The zero-order chi connectivity index (χ0) is 10.6. The van der Waals surface area contributed by atoms with E-state index in [1.54, 1.807) is 0 Å². The maximum atomic E-state index is 10.3. The Labute approximate surface area is 84.5 Å². The lowest BCUT2D eigenvalue weighted by Crippen LogP contribution is -2.43. The molecule has 2 unspecified atom stereocenters. The van der Waals surface area contributed by atoms with Gasteiger partial charge in [-0.2, -0.15) is 0 Å².